The summed E-state index contributed by atoms with van der Waals surface area (Å²) in [5, 5.41) is 7.13. The van der Waals surface area contributed by atoms with E-state index in [2.05, 4.69) is 37.3 Å². The molecule has 23 heavy (non-hydrogen) atoms. The predicted molar refractivity (Wildman–Crippen MR) is 93.4 cm³/mol. The molecule has 0 radical (unpaired) electrons. The third-order valence-corrected chi connectivity index (χ3v) is 2.91. The minimum atomic E-state index is -0.195. The molecule has 0 fully saturated rings. The molecule has 0 aromatic heterocycles. The van der Waals surface area contributed by atoms with Crippen LogP contribution in [0, 0.1) is 5.41 Å². The third kappa shape index (κ3) is 16.5. The highest BCUT2D eigenvalue weighted by atomic mass is 16.5. The van der Waals surface area contributed by atoms with Gasteiger partial charge >= 0.3 is 5.97 Å². The van der Waals surface area contributed by atoms with Crippen molar-refractivity contribution in [1.29, 1.82) is 5.41 Å². The van der Waals surface area contributed by atoms with Crippen molar-refractivity contribution in [1.82, 2.24) is 4.90 Å². The maximum atomic E-state index is 10.6. The van der Waals surface area contributed by atoms with Crippen molar-refractivity contribution in [3.8, 4) is 0 Å². The van der Waals surface area contributed by atoms with Crippen molar-refractivity contribution in [2.24, 2.45) is 9.98 Å². The van der Waals surface area contributed by atoms with E-state index in [1.807, 2.05) is 21.0 Å². The molecule has 7 nitrogen and oxygen atoms in total. The molecule has 0 amide bonds. The summed E-state index contributed by atoms with van der Waals surface area (Å²) in [6, 6.07) is 2.68. The van der Waals surface area contributed by atoms with E-state index in [0.717, 1.165) is 25.8 Å². The standard InChI is InChI=1S/C8H17N3.C8H15NO3/c1-5-8(11(3)4)10-7-9-6-2;1-11-7(9)5-3-4-6-8(10)12-2/h8H,5-6H2,1-4H3;9H,3-6H2,1-2H3. The zero-order valence-electron chi connectivity index (χ0n) is 15.4. The molecule has 0 spiro atoms. The molecule has 0 aromatic rings. The number of unbranched alkanes of at least 4 members (excludes halogenated alkanes) is 1. The van der Waals surface area contributed by atoms with Crippen LogP contribution in [0.1, 0.15) is 46.0 Å². The lowest BCUT2D eigenvalue weighted by Gasteiger charge is -2.15. The maximum Gasteiger partial charge on any atom is 0.305 e. The molecule has 7 heteroatoms. The zero-order valence-corrected chi connectivity index (χ0v) is 15.4. The number of carbonyl (C=O) groups excluding carboxylic acids is 1. The molecule has 0 saturated heterocycles. The second-order valence-electron chi connectivity index (χ2n) is 4.97. The number of nitrogens with zero attached hydrogens (tertiary/aromatic N) is 3. The van der Waals surface area contributed by atoms with E-state index < -0.39 is 0 Å². The van der Waals surface area contributed by atoms with Gasteiger partial charge in [0.15, 0.2) is 5.90 Å². The maximum absolute atomic E-state index is 10.6. The van der Waals surface area contributed by atoms with E-state index in [-0.39, 0.29) is 18.0 Å². The van der Waals surface area contributed by atoms with Crippen LogP contribution in [0.2, 0.25) is 0 Å². The van der Waals surface area contributed by atoms with Gasteiger partial charge < -0.3 is 9.47 Å². The summed E-state index contributed by atoms with van der Waals surface area (Å²) in [5.74, 6) is 0.0683. The van der Waals surface area contributed by atoms with Gasteiger partial charge in [0.05, 0.1) is 20.2 Å². The normalized spacial score (nSPS) is 10.7. The summed E-state index contributed by atoms with van der Waals surface area (Å²) in [6.07, 6.45) is 3.78. The molecule has 0 aliphatic rings. The number of aliphatic imine (C=N–C) groups is 2. The second kappa shape index (κ2) is 16.6. The number of hydrogen-bond acceptors (Lipinski definition) is 7. The molecule has 0 bridgehead atoms. The average molecular weight is 328 g/mol. The summed E-state index contributed by atoms with van der Waals surface area (Å²) < 4.78 is 9.11. The lowest BCUT2D eigenvalue weighted by molar-refractivity contribution is -0.140. The fraction of sp³-hybridized carbons (Fsp3) is 0.812. The first kappa shape index (κ1) is 23.5. The van der Waals surface area contributed by atoms with Gasteiger partial charge in [0.2, 0.25) is 0 Å². The molecule has 0 aromatic carbocycles. The molecule has 0 heterocycles. The monoisotopic (exact) mass is 328 g/mol. The van der Waals surface area contributed by atoms with Gasteiger partial charge in [-0.3, -0.25) is 15.1 Å². The number of hydrogen-bond donors (Lipinski definition) is 1. The molecule has 1 unspecified atom stereocenters. The number of ether oxygens (including phenoxy) is 2. The Morgan fingerprint density at radius 1 is 1.17 bits per heavy atom. The number of methoxy groups -OCH3 is 2. The summed E-state index contributed by atoms with van der Waals surface area (Å²) in [5.41, 5.74) is 0. The summed E-state index contributed by atoms with van der Waals surface area (Å²) in [7, 11) is 6.86. The van der Waals surface area contributed by atoms with Crippen LogP contribution in [-0.2, 0) is 14.3 Å². The lowest BCUT2D eigenvalue weighted by atomic mass is 10.2. The molecule has 0 rings (SSSR count). The molecular formula is C16H32N4O3. The highest BCUT2D eigenvalue weighted by Crippen LogP contribution is 2.01. The van der Waals surface area contributed by atoms with Crippen LogP contribution in [0.3, 0.4) is 0 Å². The van der Waals surface area contributed by atoms with Gasteiger partial charge in [0, 0.05) is 19.4 Å². The molecular weight excluding hydrogens is 296 g/mol. The van der Waals surface area contributed by atoms with Crippen molar-refractivity contribution in [2.45, 2.75) is 52.1 Å². The van der Waals surface area contributed by atoms with E-state index in [4.69, 9.17) is 5.41 Å². The predicted octanol–water partition coefficient (Wildman–Crippen LogP) is 2.82. The van der Waals surface area contributed by atoms with Gasteiger partial charge in [-0.25, -0.2) is 9.98 Å². The number of nitrogens with one attached hydrogen (secondary N) is 1. The van der Waals surface area contributed by atoms with Crippen LogP contribution < -0.4 is 0 Å². The van der Waals surface area contributed by atoms with Crippen molar-refractivity contribution in [3.63, 3.8) is 0 Å². The van der Waals surface area contributed by atoms with Crippen LogP contribution >= 0.6 is 0 Å². The van der Waals surface area contributed by atoms with Crippen LogP contribution in [-0.4, -0.2) is 63.8 Å². The van der Waals surface area contributed by atoms with Crippen molar-refractivity contribution < 1.29 is 14.3 Å². The second-order valence-corrected chi connectivity index (χ2v) is 4.97. The van der Waals surface area contributed by atoms with E-state index in [1.165, 1.54) is 14.2 Å². The molecule has 0 saturated carbocycles. The van der Waals surface area contributed by atoms with Gasteiger partial charge in [-0.15, -0.1) is 0 Å². The summed E-state index contributed by atoms with van der Waals surface area (Å²) in [4.78, 5) is 20.7. The lowest BCUT2D eigenvalue weighted by Crippen LogP contribution is -2.24. The highest BCUT2D eigenvalue weighted by molar-refractivity contribution is 5.72. The van der Waals surface area contributed by atoms with Crippen LogP contribution in [0.4, 0.5) is 0 Å². The van der Waals surface area contributed by atoms with Crippen LogP contribution in [0.5, 0.6) is 0 Å². The number of rotatable bonds is 9. The van der Waals surface area contributed by atoms with Crippen molar-refractivity contribution in [3.05, 3.63) is 0 Å². The number of carbonyl (C=O) groups is 1. The van der Waals surface area contributed by atoms with Crippen molar-refractivity contribution in [2.75, 3.05) is 34.9 Å². The van der Waals surface area contributed by atoms with Gasteiger partial charge in [-0.1, -0.05) is 6.92 Å². The fourth-order valence-corrected chi connectivity index (χ4v) is 1.51. The minimum absolute atomic E-state index is 0.195. The van der Waals surface area contributed by atoms with Crippen LogP contribution in [0.25, 0.3) is 0 Å². The summed E-state index contributed by atoms with van der Waals surface area (Å²) in [6.45, 7) is 4.83. The van der Waals surface area contributed by atoms with E-state index in [1.54, 1.807) is 0 Å². The Balaban J connectivity index is 0. The Hall–Kier alpha value is -1.72. The highest BCUT2D eigenvalue weighted by Gasteiger charge is 2.03. The molecule has 134 valence electrons. The molecule has 1 N–H and O–H groups in total. The van der Waals surface area contributed by atoms with Gasteiger partial charge in [-0.05, 0) is 40.3 Å². The summed E-state index contributed by atoms with van der Waals surface area (Å²) >= 11 is 0. The zero-order chi connectivity index (χ0) is 18.1. The molecule has 0 aliphatic heterocycles. The van der Waals surface area contributed by atoms with Gasteiger partial charge in [0.25, 0.3) is 0 Å². The first-order valence-electron chi connectivity index (χ1n) is 7.88. The van der Waals surface area contributed by atoms with Crippen LogP contribution in [0.15, 0.2) is 9.98 Å². The first-order chi connectivity index (χ1) is 10.9. The number of esters is 1. The van der Waals surface area contributed by atoms with Crippen molar-refractivity contribution >= 4 is 17.9 Å². The Bertz CT molecular complexity index is 360. The fourth-order valence-electron chi connectivity index (χ4n) is 1.51. The average Bonchev–Trinajstić information content (AvgIpc) is 2.55. The van der Waals surface area contributed by atoms with E-state index >= 15 is 0 Å². The SMILES string of the molecule is CCN=C=NC(CC)N(C)C.COC(=N)CCCCC(=O)OC. The van der Waals surface area contributed by atoms with Gasteiger partial charge in [0.1, 0.15) is 6.17 Å². The molecule has 1 atom stereocenters. The first-order valence-corrected chi connectivity index (χ1v) is 7.88. The minimum Gasteiger partial charge on any atom is -0.484 e. The largest absolute Gasteiger partial charge is 0.484 e. The van der Waals surface area contributed by atoms with E-state index in [0.29, 0.717) is 12.8 Å². The Morgan fingerprint density at radius 3 is 2.22 bits per heavy atom. The molecule has 0 aliphatic carbocycles. The Labute approximate surface area is 140 Å². The quantitative estimate of drug-likeness (QED) is 0.305. The van der Waals surface area contributed by atoms with E-state index in [9.17, 15) is 4.79 Å². The van der Waals surface area contributed by atoms with Gasteiger partial charge in [-0.2, -0.15) is 0 Å². The topological polar surface area (TPSA) is 87.3 Å². The Morgan fingerprint density at radius 2 is 1.78 bits per heavy atom. The third-order valence-electron chi connectivity index (χ3n) is 2.91. The Kier molecular flexibility index (Phi) is 17.0. The smallest absolute Gasteiger partial charge is 0.305 e.